The minimum absolute atomic E-state index is 0. The monoisotopic (exact) mass is 384 g/mol. The number of nitrogens with zero attached hydrogens (tertiary/aromatic N) is 1. The first-order valence-corrected chi connectivity index (χ1v) is 7.94. The molecule has 0 bridgehead atoms. The summed E-state index contributed by atoms with van der Waals surface area (Å²) in [5, 5.41) is 3.32. The molecule has 1 saturated heterocycles. The number of benzene rings is 1. The molecule has 8 heteroatoms. The molecule has 0 aliphatic carbocycles. The Morgan fingerprint density at radius 1 is 1.21 bits per heavy atom. The summed E-state index contributed by atoms with van der Waals surface area (Å²) >= 11 is 0. The fraction of sp³-hybridized carbons (Fsp3) is 0.625. The molecule has 2 heterocycles. The predicted octanol–water partition coefficient (Wildman–Crippen LogP) is 3.99. The third-order valence-electron chi connectivity index (χ3n) is 4.24. The maximum atomic E-state index is 13.4. The zero-order valence-corrected chi connectivity index (χ0v) is 15.2. The summed E-state index contributed by atoms with van der Waals surface area (Å²) in [6, 6.07) is 5.27. The molecule has 0 saturated carbocycles. The van der Waals surface area contributed by atoms with E-state index >= 15 is 0 Å². The molecule has 1 atom stereocenters. The lowest BCUT2D eigenvalue weighted by atomic mass is 9.97. The number of piperazine rings is 1. The van der Waals surface area contributed by atoms with E-state index < -0.39 is 6.29 Å². The molecule has 2 aliphatic heterocycles. The van der Waals surface area contributed by atoms with E-state index in [1.807, 2.05) is 6.07 Å². The zero-order valence-electron chi connectivity index (χ0n) is 13.6. The number of rotatable bonds is 5. The Balaban J connectivity index is 0.00000144. The summed E-state index contributed by atoms with van der Waals surface area (Å²) < 4.78 is 36.2. The highest BCUT2D eigenvalue weighted by Gasteiger charge is 2.45. The molecule has 0 unspecified atom stereocenters. The van der Waals surface area contributed by atoms with Crippen LogP contribution in [0.25, 0.3) is 0 Å². The van der Waals surface area contributed by atoms with Gasteiger partial charge in [-0.25, -0.2) is 0 Å². The smallest absolute Gasteiger partial charge is 0.395 e. The molecule has 138 valence electrons. The Bertz CT molecular complexity index is 529. The van der Waals surface area contributed by atoms with Crippen LogP contribution in [-0.2, 0) is 0 Å². The van der Waals surface area contributed by atoms with Crippen molar-refractivity contribution < 1.29 is 18.3 Å². The second-order valence-electron chi connectivity index (χ2n) is 5.79. The van der Waals surface area contributed by atoms with Gasteiger partial charge in [0.1, 0.15) is 0 Å². The highest BCUT2D eigenvalue weighted by molar-refractivity contribution is 5.85. The number of fused-ring (bicyclic) bond motifs is 1. The first kappa shape index (κ1) is 21.2. The molecule has 3 rings (SSSR count). The number of halogens is 4. The SMILES string of the molecule is CCCC[C@@H](c1cccc2c1OC(F)(F)O2)N1CCNCC1.Cl.Cl. The standard InChI is InChI=1S/C16H22F2N2O2.2ClH/c1-2-3-6-13(20-10-8-19-9-11-20)12-5-4-7-14-15(12)22-16(17,18)21-14;;/h4-5,7,13,19H,2-3,6,8-11H2,1H3;2*1H/t13-;;/m0../s1. The molecule has 24 heavy (non-hydrogen) atoms. The van der Waals surface area contributed by atoms with Crippen LogP contribution >= 0.6 is 24.8 Å². The van der Waals surface area contributed by atoms with Crippen molar-refractivity contribution in [1.82, 2.24) is 10.2 Å². The maximum absolute atomic E-state index is 13.4. The lowest BCUT2D eigenvalue weighted by Crippen LogP contribution is -2.45. The van der Waals surface area contributed by atoms with Gasteiger partial charge in [0.2, 0.25) is 0 Å². The van der Waals surface area contributed by atoms with Gasteiger partial charge in [0, 0.05) is 37.8 Å². The molecule has 4 nitrogen and oxygen atoms in total. The molecule has 2 aliphatic rings. The van der Waals surface area contributed by atoms with Gasteiger partial charge in [-0.15, -0.1) is 33.6 Å². The fourth-order valence-corrected chi connectivity index (χ4v) is 3.18. The van der Waals surface area contributed by atoms with Crippen LogP contribution in [0.15, 0.2) is 18.2 Å². The minimum Gasteiger partial charge on any atom is -0.395 e. The van der Waals surface area contributed by atoms with E-state index in [4.69, 9.17) is 4.74 Å². The Morgan fingerprint density at radius 2 is 1.92 bits per heavy atom. The van der Waals surface area contributed by atoms with Crippen molar-refractivity contribution in [2.24, 2.45) is 0 Å². The van der Waals surface area contributed by atoms with E-state index in [1.54, 1.807) is 6.07 Å². The van der Waals surface area contributed by atoms with Gasteiger partial charge in [0.05, 0.1) is 0 Å². The summed E-state index contributed by atoms with van der Waals surface area (Å²) in [4.78, 5) is 2.35. The van der Waals surface area contributed by atoms with Crippen LogP contribution in [0.3, 0.4) is 0 Å². The Hall–Kier alpha value is -0.820. The second-order valence-corrected chi connectivity index (χ2v) is 5.79. The average molecular weight is 385 g/mol. The van der Waals surface area contributed by atoms with Gasteiger partial charge in [-0.1, -0.05) is 31.9 Å². The van der Waals surface area contributed by atoms with Crippen molar-refractivity contribution in [3.05, 3.63) is 23.8 Å². The fourth-order valence-electron chi connectivity index (χ4n) is 3.18. The maximum Gasteiger partial charge on any atom is 0.586 e. The van der Waals surface area contributed by atoms with Gasteiger partial charge in [0.25, 0.3) is 0 Å². The Labute approximate surface area is 153 Å². The lowest BCUT2D eigenvalue weighted by Gasteiger charge is -2.35. The molecule has 1 aromatic rings. The first-order chi connectivity index (χ1) is 10.6. The van der Waals surface area contributed by atoms with E-state index in [-0.39, 0.29) is 42.4 Å². The number of hydrogen-bond acceptors (Lipinski definition) is 4. The Kier molecular flexibility index (Phi) is 7.99. The van der Waals surface area contributed by atoms with Crippen LogP contribution < -0.4 is 14.8 Å². The van der Waals surface area contributed by atoms with Crippen LogP contribution in [0.2, 0.25) is 0 Å². The highest BCUT2D eigenvalue weighted by atomic mass is 35.5. The third kappa shape index (κ3) is 4.63. The van der Waals surface area contributed by atoms with Crippen molar-refractivity contribution in [3.63, 3.8) is 0 Å². The normalized spacial score (nSPS) is 20.0. The lowest BCUT2D eigenvalue weighted by molar-refractivity contribution is -0.287. The van der Waals surface area contributed by atoms with Crippen LogP contribution in [0, 0.1) is 0 Å². The van der Waals surface area contributed by atoms with Crippen molar-refractivity contribution in [2.45, 2.75) is 38.5 Å². The van der Waals surface area contributed by atoms with Crippen molar-refractivity contribution in [3.8, 4) is 11.5 Å². The second kappa shape index (κ2) is 9.04. The molecule has 1 aromatic carbocycles. The molecule has 1 fully saturated rings. The Morgan fingerprint density at radius 3 is 2.58 bits per heavy atom. The molecule has 0 radical (unpaired) electrons. The van der Waals surface area contributed by atoms with Gasteiger partial charge >= 0.3 is 6.29 Å². The van der Waals surface area contributed by atoms with Gasteiger partial charge in [-0.3, -0.25) is 4.90 Å². The zero-order chi connectivity index (χ0) is 15.6. The minimum atomic E-state index is -3.56. The summed E-state index contributed by atoms with van der Waals surface area (Å²) in [5.74, 6) is 0.339. The molecule has 0 spiro atoms. The van der Waals surface area contributed by atoms with Crippen LogP contribution in [0.1, 0.15) is 37.8 Å². The number of unbranched alkanes of at least 4 members (excludes halogenated alkanes) is 1. The summed E-state index contributed by atoms with van der Waals surface area (Å²) in [6.45, 7) is 5.80. The number of nitrogens with one attached hydrogen (secondary N) is 1. The van der Waals surface area contributed by atoms with Gasteiger partial charge in [0.15, 0.2) is 11.5 Å². The van der Waals surface area contributed by atoms with Crippen molar-refractivity contribution in [2.75, 3.05) is 26.2 Å². The van der Waals surface area contributed by atoms with Gasteiger partial charge in [-0.2, -0.15) is 0 Å². The number of hydrogen-bond donors (Lipinski definition) is 1. The number of ether oxygens (including phenoxy) is 2. The molecule has 0 amide bonds. The largest absolute Gasteiger partial charge is 0.586 e. The van der Waals surface area contributed by atoms with Gasteiger partial charge < -0.3 is 14.8 Å². The first-order valence-electron chi connectivity index (χ1n) is 7.94. The van der Waals surface area contributed by atoms with Crippen molar-refractivity contribution >= 4 is 24.8 Å². The molecular formula is C16H24Cl2F2N2O2. The molecule has 0 aromatic heterocycles. The van der Waals surface area contributed by atoms with E-state index in [0.29, 0.717) is 0 Å². The number of para-hydroxylation sites is 1. The molecular weight excluding hydrogens is 361 g/mol. The average Bonchev–Trinajstić information content (AvgIpc) is 2.83. The summed E-state index contributed by atoms with van der Waals surface area (Å²) in [5.41, 5.74) is 0.810. The summed E-state index contributed by atoms with van der Waals surface area (Å²) in [6.07, 6.45) is -0.500. The van der Waals surface area contributed by atoms with E-state index in [1.165, 1.54) is 6.07 Å². The van der Waals surface area contributed by atoms with Crippen LogP contribution in [0.4, 0.5) is 8.78 Å². The van der Waals surface area contributed by atoms with E-state index in [9.17, 15) is 8.78 Å². The van der Waals surface area contributed by atoms with E-state index in [2.05, 4.69) is 21.9 Å². The quantitative estimate of drug-likeness (QED) is 0.831. The highest BCUT2D eigenvalue weighted by Crippen LogP contribution is 2.47. The third-order valence-corrected chi connectivity index (χ3v) is 4.24. The van der Waals surface area contributed by atoms with Crippen LogP contribution in [0.5, 0.6) is 11.5 Å². The number of alkyl halides is 2. The van der Waals surface area contributed by atoms with Crippen molar-refractivity contribution in [1.29, 1.82) is 0 Å². The predicted molar refractivity (Wildman–Crippen MR) is 93.8 cm³/mol. The molecule has 1 N–H and O–H groups in total. The van der Waals surface area contributed by atoms with E-state index in [0.717, 1.165) is 51.0 Å². The van der Waals surface area contributed by atoms with Gasteiger partial charge in [-0.05, 0) is 12.5 Å². The van der Waals surface area contributed by atoms with Crippen LogP contribution in [-0.4, -0.2) is 37.4 Å². The topological polar surface area (TPSA) is 33.7 Å². The summed E-state index contributed by atoms with van der Waals surface area (Å²) in [7, 11) is 0.